The van der Waals surface area contributed by atoms with Crippen molar-refractivity contribution in [2.45, 2.75) is 38.6 Å². The number of hydrogen-bond donors (Lipinski definition) is 0. The van der Waals surface area contributed by atoms with Crippen LogP contribution in [0.3, 0.4) is 0 Å². The van der Waals surface area contributed by atoms with Crippen LogP contribution in [0.4, 0.5) is 13.2 Å². The van der Waals surface area contributed by atoms with Gasteiger partial charge in [0.2, 0.25) is 5.91 Å². The van der Waals surface area contributed by atoms with Gasteiger partial charge in [-0.25, -0.2) is 0 Å². The van der Waals surface area contributed by atoms with E-state index < -0.39 is 17.8 Å². The van der Waals surface area contributed by atoms with Crippen LogP contribution in [-0.4, -0.2) is 29.2 Å². The summed E-state index contributed by atoms with van der Waals surface area (Å²) in [6.45, 7) is 1.95. The van der Waals surface area contributed by atoms with E-state index in [0.717, 1.165) is 12.1 Å². The number of nitrogens with zero attached hydrogens (tertiary/aromatic N) is 2. The van der Waals surface area contributed by atoms with Crippen LogP contribution in [0, 0.1) is 0 Å². The second-order valence-corrected chi connectivity index (χ2v) is 6.77. The predicted molar refractivity (Wildman–Crippen MR) is 96.9 cm³/mol. The summed E-state index contributed by atoms with van der Waals surface area (Å²) in [5, 5.41) is 4.20. The lowest BCUT2D eigenvalue weighted by atomic mass is 10.1. The van der Waals surface area contributed by atoms with E-state index in [1.165, 1.54) is 11.0 Å². The quantitative estimate of drug-likeness (QED) is 0.676. The molecule has 0 spiro atoms. The lowest BCUT2D eigenvalue weighted by Gasteiger charge is -2.25. The number of benzene rings is 1. The average molecular weight is 415 g/mol. The van der Waals surface area contributed by atoms with Crippen molar-refractivity contribution < 1.29 is 27.2 Å². The van der Waals surface area contributed by atoms with Crippen LogP contribution in [0.2, 0.25) is 5.22 Å². The summed E-state index contributed by atoms with van der Waals surface area (Å²) >= 11 is 5.76. The molecule has 2 aromatic rings. The lowest BCUT2D eigenvalue weighted by Crippen LogP contribution is -2.37. The fourth-order valence-electron chi connectivity index (χ4n) is 2.93. The molecule has 5 nitrogen and oxygen atoms in total. The third-order valence-corrected chi connectivity index (χ3v) is 4.50. The molecule has 0 saturated heterocycles. The van der Waals surface area contributed by atoms with Crippen molar-refractivity contribution >= 4 is 23.2 Å². The maximum Gasteiger partial charge on any atom is 0.416 e. The minimum atomic E-state index is -4.43. The Labute approximate surface area is 164 Å². The normalized spacial score (nSPS) is 16.6. The van der Waals surface area contributed by atoms with Crippen molar-refractivity contribution in [3.8, 4) is 0 Å². The van der Waals surface area contributed by atoms with Gasteiger partial charge in [-0.2, -0.15) is 13.2 Å². The molecule has 150 valence electrons. The van der Waals surface area contributed by atoms with Gasteiger partial charge in [-0.1, -0.05) is 24.2 Å². The first-order valence-electron chi connectivity index (χ1n) is 8.68. The van der Waals surface area contributed by atoms with Gasteiger partial charge in [0.25, 0.3) is 0 Å². The second kappa shape index (κ2) is 8.26. The molecule has 28 heavy (non-hydrogen) atoms. The van der Waals surface area contributed by atoms with Crippen molar-refractivity contribution in [1.29, 1.82) is 0 Å². The van der Waals surface area contributed by atoms with Crippen LogP contribution in [-0.2, 0) is 22.4 Å². The van der Waals surface area contributed by atoms with Gasteiger partial charge in [0.15, 0.2) is 17.1 Å². The highest BCUT2D eigenvalue weighted by atomic mass is 35.5. The molecule has 9 heteroatoms. The minimum absolute atomic E-state index is 0.0539. The molecule has 0 unspecified atom stereocenters. The number of amides is 1. The monoisotopic (exact) mass is 414 g/mol. The van der Waals surface area contributed by atoms with E-state index in [9.17, 15) is 18.0 Å². The smallest absolute Gasteiger partial charge is 0.416 e. The molecule has 0 radical (unpaired) electrons. The molecule has 3 rings (SSSR count). The predicted octanol–water partition coefficient (Wildman–Crippen LogP) is 4.88. The summed E-state index contributed by atoms with van der Waals surface area (Å²) in [6, 6.07) is 8.22. The van der Waals surface area contributed by atoms with E-state index >= 15 is 0 Å². The molecule has 1 atom stereocenters. The van der Waals surface area contributed by atoms with E-state index in [0.29, 0.717) is 23.5 Å². The summed E-state index contributed by atoms with van der Waals surface area (Å²) < 4.78 is 44.1. The first kappa shape index (κ1) is 20.3. The number of alkyl halides is 3. The van der Waals surface area contributed by atoms with E-state index in [1.54, 1.807) is 25.1 Å². The van der Waals surface area contributed by atoms with E-state index in [2.05, 4.69) is 5.16 Å². The highest BCUT2D eigenvalue weighted by molar-refractivity contribution is 6.29. The van der Waals surface area contributed by atoms with Crippen molar-refractivity contribution in [3.05, 3.63) is 58.5 Å². The molecule has 0 aliphatic carbocycles. The highest BCUT2D eigenvalue weighted by Gasteiger charge is 2.31. The summed E-state index contributed by atoms with van der Waals surface area (Å²) in [6.07, 6.45) is -4.22. The molecule has 1 aliphatic heterocycles. The largest absolute Gasteiger partial charge is 0.443 e. The van der Waals surface area contributed by atoms with E-state index in [4.69, 9.17) is 20.9 Å². The lowest BCUT2D eigenvalue weighted by molar-refractivity contribution is -0.137. The fourth-order valence-corrected chi connectivity index (χ4v) is 3.08. The van der Waals surface area contributed by atoms with Crippen LogP contribution >= 0.6 is 11.6 Å². The Kier molecular flexibility index (Phi) is 5.98. The number of carbonyl (C=O) groups is 1. The minimum Gasteiger partial charge on any atom is -0.443 e. The first-order valence-corrected chi connectivity index (χ1v) is 9.06. The Bertz CT molecular complexity index is 879. The first-order chi connectivity index (χ1) is 13.3. The highest BCUT2D eigenvalue weighted by Crippen LogP contribution is 2.30. The molecule has 2 heterocycles. The Morgan fingerprint density at radius 2 is 2.11 bits per heavy atom. The number of furan rings is 1. The SMILES string of the molecule is CCC(=O)N(Cc1cccc(C(F)(F)F)c1)C[C@@H]1CC(c2ccc(Cl)o2)=NO1. The van der Waals surface area contributed by atoms with Gasteiger partial charge >= 0.3 is 6.18 Å². The summed E-state index contributed by atoms with van der Waals surface area (Å²) in [5.41, 5.74) is 0.222. The van der Waals surface area contributed by atoms with E-state index in [-0.39, 0.29) is 30.6 Å². The Balaban J connectivity index is 1.68. The van der Waals surface area contributed by atoms with E-state index in [1.807, 2.05) is 0 Å². The zero-order valence-corrected chi connectivity index (χ0v) is 15.8. The van der Waals surface area contributed by atoms with Gasteiger partial charge in [-0.05, 0) is 41.4 Å². The molecular weight excluding hydrogens is 397 g/mol. The van der Waals surface area contributed by atoms with Crippen LogP contribution in [0.5, 0.6) is 0 Å². The fraction of sp³-hybridized carbons (Fsp3) is 0.368. The van der Waals surface area contributed by atoms with Crippen molar-refractivity contribution in [2.75, 3.05) is 6.54 Å². The van der Waals surface area contributed by atoms with Gasteiger partial charge in [-0.3, -0.25) is 4.79 Å². The summed E-state index contributed by atoms with van der Waals surface area (Å²) in [4.78, 5) is 19.2. The third-order valence-electron chi connectivity index (χ3n) is 4.30. The van der Waals surface area contributed by atoms with Crippen molar-refractivity contribution in [2.24, 2.45) is 5.16 Å². The molecular formula is C19H18ClF3N2O3. The number of halogens is 4. The van der Waals surface area contributed by atoms with Gasteiger partial charge in [-0.15, -0.1) is 0 Å². The zero-order chi connectivity index (χ0) is 20.3. The summed E-state index contributed by atoms with van der Waals surface area (Å²) in [5.74, 6) is 0.300. The maximum absolute atomic E-state index is 12.9. The van der Waals surface area contributed by atoms with Crippen LogP contribution in [0.15, 0.2) is 46.0 Å². The summed E-state index contributed by atoms with van der Waals surface area (Å²) in [7, 11) is 0. The Morgan fingerprint density at radius 1 is 1.32 bits per heavy atom. The number of oxime groups is 1. The van der Waals surface area contributed by atoms with Crippen LogP contribution in [0.25, 0.3) is 0 Å². The molecule has 1 aliphatic rings. The standard InChI is InChI=1S/C19H18ClF3N2O3/c1-2-18(26)25(10-12-4-3-5-13(8-12)19(21,22)23)11-14-9-15(24-28-14)16-6-7-17(20)27-16/h3-8,14H,2,9-11H2,1H3/t14-/m0/s1. The Morgan fingerprint density at radius 3 is 2.75 bits per heavy atom. The molecule has 1 aromatic heterocycles. The van der Waals surface area contributed by atoms with Gasteiger partial charge < -0.3 is 14.2 Å². The molecule has 0 fully saturated rings. The van der Waals surface area contributed by atoms with Crippen LogP contribution in [0.1, 0.15) is 36.7 Å². The van der Waals surface area contributed by atoms with Gasteiger partial charge in [0.1, 0.15) is 5.71 Å². The molecule has 0 saturated carbocycles. The third kappa shape index (κ3) is 4.86. The molecule has 0 N–H and O–H groups in total. The average Bonchev–Trinajstić information content (AvgIpc) is 3.29. The molecule has 0 bridgehead atoms. The molecule has 1 aromatic carbocycles. The number of hydrogen-bond acceptors (Lipinski definition) is 4. The van der Waals surface area contributed by atoms with Gasteiger partial charge in [0, 0.05) is 19.4 Å². The van der Waals surface area contributed by atoms with Crippen molar-refractivity contribution in [3.63, 3.8) is 0 Å². The molecule has 1 amide bonds. The van der Waals surface area contributed by atoms with Crippen molar-refractivity contribution in [1.82, 2.24) is 4.90 Å². The van der Waals surface area contributed by atoms with Crippen LogP contribution < -0.4 is 0 Å². The van der Waals surface area contributed by atoms with Gasteiger partial charge in [0.05, 0.1) is 12.1 Å². The zero-order valence-electron chi connectivity index (χ0n) is 15.0. The maximum atomic E-state index is 12.9. The number of carbonyl (C=O) groups excluding carboxylic acids is 1. The Hall–Kier alpha value is -2.48. The topological polar surface area (TPSA) is 55.0 Å². The second-order valence-electron chi connectivity index (χ2n) is 6.40. The number of rotatable bonds is 6.